The van der Waals surface area contributed by atoms with Crippen LogP contribution in [0.15, 0.2) is 85.5 Å². The number of ether oxygens (including phenoxy) is 2. The molecular weight excluding hydrogens is 544 g/mol. The number of nitrogens with zero attached hydrogens (tertiary/aromatic N) is 1. The fourth-order valence-corrected chi connectivity index (χ4v) is 5.06. The molecule has 0 unspecified atom stereocenters. The van der Waals surface area contributed by atoms with Crippen molar-refractivity contribution in [2.24, 2.45) is 0 Å². The van der Waals surface area contributed by atoms with E-state index in [4.69, 9.17) is 15.2 Å². The summed E-state index contributed by atoms with van der Waals surface area (Å²) in [4.78, 5) is 27.1. The Labute approximate surface area is 253 Å². The Morgan fingerprint density at radius 1 is 0.977 bits per heavy atom. The number of hydrogen-bond acceptors (Lipinski definition) is 7. The SMILES string of the molecule is C=CCN(C)C[C@H]1C[C@@H](c2ccc(CO)cc2)O[C@@H](c2cccc(NC(=O)CCCCC(=O)Nc3ccccc3N)c2)O1. The quantitative estimate of drug-likeness (QED) is 0.111. The number of unbranched alkanes of at least 4 members (excludes halogenated alkanes) is 1. The number of aliphatic hydroxyl groups excluding tert-OH is 1. The number of aliphatic hydroxyl groups is 1. The zero-order valence-electron chi connectivity index (χ0n) is 24.7. The molecule has 0 aromatic heterocycles. The van der Waals surface area contributed by atoms with Gasteiger partial charge in [0.2, 0.25) is 11.8 Å². The van der Waals surface area contributed by atoms with Crippen LogP contribution in [-0.2, 0) is 25.7 Å². The summed E-state index contributed by atoms with van der Waals surface area (Å²) in [6.45, 7) is 5.28. The summed E-state index contributed by atoms with van der Waals surface area (Å²) >= 11 is 0. The van der Waals surface area contributed by atoms with Crippen LogP contribution in [-0.4, -0.2) is 48.1 Å². The van der Waals surface area contributed by atoms with Gasteiger partial charge in [-0.15, -0.1) is 6.58 Å². The molecule has 1 fully saturated rings. The molecule has 9 heteroatoms. The number of benzene rings is 3. The van der Waals surface area contributed by atoms with Crippen LogP contribution < -0.4 is 16.4 Å². The predicted molar refractivity (Wildman–Crippen MR) is 169 cm³/mol. The minimum Gasteiger partial charge on any atom is -0.397 e. The Hall–Kier alpha value is -4.02. The van der Waals surface area contributed by atoms with Gasteiger partial charge in [0.05, 0.1) is 30.2 Å². The fraction of sp³-hybridized carbons (Fsp3) is 0.353. The number of likely N-dealkylation sites (N-methyl/N-ethyl adjacent to an activating group) is 1. The molecular formula is C34H42N4O5. The van der Waals surface area contributed by atoms with Crippen molar-refractivity contribution < 1.29 is 24.2 Å². The number of rotatable bonds is 14. The van der Waals surface area contributed by atoms with E-state index in [1.165, 1.54) is 0 Å². The first-order valence-corrected chi connectivity index (χ1v) is 14.7. The van der Waals surface area contributed by atoms with Gasteiger partial charge in [0, 0.05) is 43.6 Å². The first-order valence-electron chi connectivity index (χ1n) is 14.7. The van der Waals surface area contributed by atoms with Gasteiger partial charge in [-0.25, -0.2) is 0 Å². The standard InChI is InChI=1S/C34H42N4O5/c1-3-19-38(2)22-28-21-31(25-17-15-24(23-39)16-18-25)43-34(42-28)26-9-8-10-27(20-26)36-32(40)13-6-7-14-33(41)37-30-12-5-4-11-29(30)35/h3-5,8-12,15-18,20,28,31,34,39H,1,6-7,13-14,19,21-23,35H2,2H3,(H,36,40)(H,37,41)/t28-,31+,34+/m1/s1. The highest BCUT2D eigenvalue weighted by atomic mass is 16.7. The van der Waals surface area contributed by atoms with Crippen LogP contribution in [0.25, 0.3) is 0 Å². The molecule has 3 atom stereocenters. The molecule has 1 aliphatic rings. The fourth-order valence-electron chi connectivity index (χ4n) is 5.06. The van der Waals surface area contributed by atoms with Gasteiger partial charge in [-0.3, -0.25) is 9.59 Å². The number of nitrogens with two attached hydrogens (primary N) is 1. The molecule has 0 aliphatic carbocycles. The number of anilines is 3. The predicted octanol–water partition coefficient (Wildman–Crippen LogP) is 5.56. The zero-order valence-corrected chi connectivity index (χ0v) is 24.7. The third-order valence-corrected chi connectivity index (χ3v) is 7.31. The molecule has 9 nitrogen and oxygen atoms in total. The van der Waals surface area contributed by atoms with E-state index in [0.717, 1.165) is 23.2 Å². The molecule has 1 saturated heterocycles. The van der Waals surface area contributed by atoms with E-state index in [0.29, 0.717) is 55.7 Å². The van der Waals surface area contributed by atoms with Gasteiger partial charge in [-0.05, 0) is 55.3 Å². The monoisotopic (exact) mass is 586 g/mol. The number of nitrogens with one attached hydrogen (secondary N) is 2. The topological polar surface area (TPSA) is 126 Å². The maximum Gasteiger partial charge on any atom is 0.224 e. The number of para-hydroxylation sites is 2. The lowest BCUT2D eigenvalue weighted by Gasteiger charge is -2.37. The average Bonchev–Trinajstić information content (AvgIpc) is 3.00. The third-order valence-electron chi connectivity index (χ3n) is 7.31. The zero-order chi connectivity index (χ0) is 30.6. The van der Waals surface area contributed by atoms with E-state index < -0.39 is 6.29 Å². The summed E-state index contributed by atoms with van der Waals surface area (Å²) in [6.07, 6.45) is 3.42. The van der Waals surface area contributed by atoms with Crippen molar-refractivity contribution in [3.63, 3.8) is 0 Å². The van der Waals surface area contributed by atoms with Gasteiger partial charge in [-0.2, -0.15) is 0 Å². The average molecular weight is 587 g/mol. The van der Waals surface area contributed by atoms with Gasteiger partial charge < -0.3 is 35.8 Å². The van der Waals surface area contributed by atoms with Gasteiger partial charge in [-0.1, -0.05) is 54.6 Å². The van der Waals surface area contributed by atoms with Crippen LogP contribution in [0.2, 0.25) is 0 Å². The largest absolute Gasteiger partial charge is 0.397 e. The number of carbonyl (C=O) groups excluding carboxylic acids is 2. The number of carbonyl (C=O) groups is 2. The van der Waals surface area contributed by atoms with Crippen molar-refractivity contribution in [3.8, 4) is 0 Å². The Morgan fingerprint density at radius 2 is 1.70 bits per heavy atom. The van der Waals surface area contributed by atoms with Crippen molar-refractivity contribution in [1.29, 1.82) is 0 Å². The van der Waals surface area contributed by atoms with Crippen molar-refractivity contribution in [3.05, 3.63) is 102 Å². The van der Waals surface area contributed by atoms with Crippen molar-refractivity contribution in [2.45, 2.75) is 57.2 Å². The van der Waals surface area contributed by atoms with E-state index in [2.05, 4.69) is 22.1 Å². The normalized spacial score (nSPS) is 18.3. The third kappa shape index (κ3) is 9.76. The molecule has 1 aliphatic heterocycles. The minimum atomic E-state index is -0.618. The lowest BCUT2D eigenvalue weighted by Crippen LogP contribution is -2.37. The Bertz CT molecular complexity index is 1360. The number of amides is 2. The number of hydrogen-bond donors (Lipinski definition) is 4. The van der Waals surface area contributed by atoms with E-state index in [1.807, 2.05) is 73.8 Å². The smallest absolute Gasteiger partial charge is 0.224 e. The van der Waals surface area contributed by atoms with Crippen molar-refractivity contribution in [2.75, 3.05) is 36.5 Å². The summed E-state index contributed by atoms with van der Waals surface area (Å²) in [5.74, 6) is -0.253. The summed E-state index contributed by atoms with van der Waals surface area (Å²) in [5.41, 5.74) is 10.3. The summed E-state index contributed by atoms with van der Waals surface area (Å²) in [6, 6.07) is 22.4. The van der Waals surface area contributed by atoms with Crippen LogP contribution in [0.1, 0.15) is 61.2 Å². The van der Waals surface area contributed by atoms with Crippen LogP contribution in [0.5, 0.6) is 0 Å². The Morgan fingerprint density at radius 3 is 2.40 bits per heavy atom. The van der Waals surface area contributed by atoms with E-state index >= 15 is 0 Å². The molecule has 1 heterocycles. The molecule has 2 amide bonds. The molecule has 4 rings (SSSR count). The van der Waals surface area contributed by atoms with Gasteiger partial charge in [0.1, 0.15) is 0 Å². The molecule has 0 spiro atoms. The van der Waals surface area contributed by atoms with Gasteiger partial charge in [0.15, 0.2) is 6.29 Å². The highest BCUT2D eigenvalue weighted by Gasteiger charge is 2.32. The molecule has 3 aromatic rings. The minimum absolute atomic E-state index is 0.00975. The molecule has 5 N–H and O–H groups in total. The van der Waals surface area contributed by atoms with E-state index in [1.54, 1.807) is 12.1 Å². The maximum absolute atomic E-state index is 12.7. The molecule has 3 aromatic carbocycles. The van der Waals surface area contributed by atoms with Crippen LogP contribution in [0.4, 0.5) is 17.1 Å². The summed E-state index contributed by atoms with van der Waals surface area (Å²) in [5, 5.41) is 15.2. The lowest BCUT2D eigenvalue weighted by molar-refractivity contribution is -0.252. The molecule has 0 bridgehead atoms. The molecule has 0 saturated carbocycles. The molecule has 228 valence electrons. The Balaban J connectivity index is 1.33. The molecule has 43 heavy (non-hydrogen) atoms. The second-order valence-corrected chi connectivity index (χ2v) is 10.9. The van der Waals surface area contributed by atoms with Gasteiger partial charge in [0.25, 0.3) is 0 Å². The van der Waals surface area contributed by atoms with E-state index in [-0.39, 0.29) is 30.6 Å². The Kier molecular flexibility index (Phi) is 11.9. The summed E-state index contributed by atoms with van der Waals surface area (Å²) < 4.78 is 12.8. The van der Waals surface area contributed by atoms with Crippen LogP contribution in [0.3, 0.4) is 0 Å². The second kappa shape index (κ2) is 16.0. The first-order chi connectivity index (χ1) is 20.8. The lowest BCUT2D eigenvalue weighted by atomic mass is 9.99. The van der Waals surface area contributed by atoms with E-state index in [9.17, 15) is 14.7 Å². The molecule has 0 radical (unpaired) electrons. The summed E-state index contributed by atoms with van der Waals surface area (Å²) in [7, 11) is 2.03. The van der Waals surface area contributed by atoms with Crippen LogP contribution >= 0.6 is 0 Å². The maximum atomic E-state index is 12.7. The highest BCUT2D eigenvalue weighted by Crippen LogP contribution is 2.38. The van der Waals surface area contributed by atoms with Gasteiger partial charge >= 0.3 is 0 Å². The highest BCUT2D eigenvalue weighted by molar-refractivity contribution is 5.94. The van der Waals surface area contributed by atoms with Crippen molar-refractivity contribution in [1.82, 2.24) is 4.90 Å². The van der Waals surface area contributed by atoms with Crippen molar-refractivity contribution >= 4 is 28.9 Å². The second-order valence-electron chi connectivity index (χ2n) is 10.9. The van der Waals surface area contributed by atoms with Crippen LogP contribution in [0, 0.1) is 0 Å². The first kappa shape index (κ1) is 31.9. The number of nitrogen functional groups attached to an aromatic ring is 1.